The topological polar surface area (TPSA) is 52.1 Å². The number of hydrogen-bond acceptors (Lipinski definition) is 4. The Balaban J connectivity index is 2.29. The number of halogens is 3. The second-order valence-corrected chi connectivity index (χ2v) is 2.98. The lowest BCUT2D eigenvalue weighted by Gasteiger charge is -2.06. The summed E-state index contributed by atoms with van der Waals surface area (Å²) in [5.41, 5.74) is 0.280. The smallest absolute Gasteiger partial charge is 0.389 e. The maximum absolute atomic E-state index is 11.8. The highest BCUT2D eigenvalue weighted by Gasteiger charge is 2.26. The van der Waals surface area contributed by atoms with Crippen molar-refractivity contribution in [2.45, 2.75) is 19.0 Å². The van der Waals surface area contributed by atoms with E-state index in [1.165, 1.54) is 12.4 Å². The van der Waals surface area contributed by atoms with Gasteiger partial charge in [-0.15, -0.1) is 0 Å². The van der Waals surface area contributed by atoms with Crippen LogP contribution in [-0.4, -0.2) is 29.0 Å². The van der Waals surface area contributed by atoms with Crippen LogP contribution in [0.1, 0.15) is 23.2 Å². The van der Waals surface area contributed by atoms with Crippen molar-refractivity contribution >= 4 is 6.29 Å². The van der Waals surface area contributed by atoms with Gasteiger partial charge in [-0.1, -0.05) is 0 Å². The first-order valence-corrected chi connectivity index (χ1v) is 4.48. The summed E-state index contributed by atoms with van der Waals surface area (Å²) in [7, 11) is 0. The highest BCUT2D eigenvalue weighted by atomic mass is 19.4. The largest absolute Gasteiger partial charge is 0.463 e. The van der Waals surface area contributed by atoms with Gasteiger partial charge >= 0.3 is 12.2 Å². The minimum atomic E-state index is -4.18. The first-order valence-electron chi connectivity index (χ1n) is 4.48. The number of carbonyl (C=O) groups is 1. The Bertz CT molecular complexity index is 338. The molecule has 0 aliphatic heterocycles. The fourth-order valence-electron chi connectivity index (χ4n) is 0.898. The maximum atomic E-state index is 11.8. The van der Waals surface area contributed by atoms with Crippen molar-refractivity contribution in [2.24, 2.45) is 0 Å². The zero-order valence-electron chi connectivity index (χ0n) is 8.20. The molecule has 0 bridgehead atoms. The van der Waals surface area contributed by atoms with E-state index in [4.69, 9.17) is 4.74 Å². The molecule has 0 spiro atoms. The van der Waals surface area contributed by atoms with Gasteiger partial charge in [-0.2, -0.15) is 13.2 Å². The standard InChI is InChI=1S/C9H9F3N2O2/c10-9(11,12)2-1-3-16-8-13-4-7(6-15)5-14-8/h4-6H,1-3H2. The van der Waals surface area contributed by atoms with Crippen molar-refractivity contribution < 1.29 is 22.7 Å². The van der Waals surface area contributed by atoms with Gasteiger partial charge in [0.15, 0.2) is 6.29 Å². The minimum absolute atomic E-state index is 0.0345. The number of aromatic nitrogens is 2. The van der Waals surface area contributed by atoms with Crippen LogP contribution < -0.4 is 4.74 Å². The Hall–Kier alpha value is -1.66. The Morgan fingerprint density at radius 1 is 1.31 bits per heavy atom. The van der Waals surface area contributed by atoms with E-state index in [0.29, 0.717) is 6.29 Å². The molecule has 0 aliphatic carbocycles. The molecule has 0 aliphatic rings. The summed E-state index contributed by atoms with van der Waals surface area (Å²) >= 11 is 0. The molecule has 0 radical (unpaired) electrons. The van der Waals surface area contributed by atoms with Crippen LogP contribution in [0.3, 0.4) is 0 Å². The van der Waals surface area contributed by atoms with Gasteiger partial charge in [-0.3, -0.25) is 4.79 Å². The molecule has 0 saturated heterocycles. The van der Waals surface area contributed by atoms with Crippen LogP contribution in [0.15, 0.2) is 12.4 Å². The third-order valence-corrected chi connectivity index (χ3v) is 1.62. The Labute approximate surface area is 89.5 Å². The normalized spacial score (nSPS) is 11.2. The van der Waals surface area contributed by atoms with Crippen LogP contribution in [0, 0.1) is 0 Å². The van der Waals surface area contributed by atoms with E-state index < -0.39 is 12.6 Å². The lowest BCUT2D eigenvalue weighted by atomic mass is 10.3. The summed E-state index contributed by atoms with van der Waals surface area (Å²) in [5.74, 6) is 0. The predicted octanol–water partition coefficient (Wildman–Crippen LogP) is 2.01. The zero-order valence-corrected chi connectivity index (χ0v) is 8.20. The minimum Gasteiger partial charge on any atom is -0.463 e. The zero-order chi connectivity index (χ0) is 12.0. The molecule has 0 fully saturated rings. The summed E-state index contributed by atoms with van der Waals surface area (Å²) in [6.45, 7) is -0.111. The quantitative estimate of drug-likeness (QED) is 0.577. The maximum Gasteiger partial charge on any atom is 0.389 e. The number of rotatable bonds is 5. The molecule has 1 rings (SSSR count). The van der Waals surface area contributed by atoms with Gasteiger partial charge in [0.1, 0.15) is 0 Å². The van der Waals surface area contributed by atoms with Crippen LogP contribution >= 0.6 is 0 Å². The van der Waals surface area contributed by atoms with Crippen LogP contribution in [0.25, 0.3) is 0 Å². The summed E-state index contributed by atoms with van der Waals surface area (Å²) in [6, 6.07) is -0.0345. The van der Waals surface area contributed by atoms with Crippen molar-refractivity contribution in [3.8, 4) is 6.01 Å². The second kappa shape index (κ2) is 5.43. The van der Waals surface area contributed by atoms with Crippen LogP contribution in [0.4, 0.5) is 13.2 Å². The molecule has 7 heteroatoms. The van der Waals surface area contributed by atoms with Crippen molar-refractivity contribution in [1.29, 1.82) is 0 Å². The molecule has 0 unspecified atom stereocenters. The monoisotopic (exact) mass is 234 g/mol. The van der Waals surface area contributed by atoms with E-state index in [9.17, 15) is 18.0 Å². The summed E-state index contributed by atoms with van der Waals surface area (Å²) in [5, 5.41) is 0. The summed E-state index contributed by atoms with van der Waals surface area (Å²) in [6.07, 6.45) is -2.20. The fraction of sp³-hybridized carbons (Fsp3) is 0.444. The van der Waals surface area contributed by atoms with E-state index >= 15 is 0 Å². The number of hydrogen-bond donors (Lipinski definition) is 0. The first kappa shape index (κ1) is 12.4. The van der Waals surface area contributed by atoms with Crippen molar-refractivity contribution in [1.82, 2.24) is 9.97 Å². The molecule has 0 atom stereocenters. The van der Waals surface area contributed by atoms with E-state index in [-0.39, 0.29) is 24.6 Å². The molecule has 0 aromatic carbocycles. The van der Waals surface area contributed by atoms with E-state index in [0.717, 1.165) is 0 Å². The van der Waals surface area contributed by atoms with Gasteiger partial charge in [0.05, 0.1) is 12.2 Å². The number of aldehydes is 1. The van der Waals surface area contributed by atoms with Crippen molar-refractivity contribution in [2.75, 3.05) is 6.61 Å². The van der Waals surface area contributed by atoms with Gasteiger partial charge in [0.25, 0.3) is 0 Å². The molecule has 88 valence electrons. The average Bonchev–Trinajstić information content (AvgIpc) is 2.24. The molecule has 0 amide bonds. The fourth-order valence-corrected chi connectivity index (χ4v) is 0.898. The first-order chi connectivity index (χ1) is 7.51. The SMILES string of the molecule is O=Cc1cnc(OCCCC(F)(F)F)nc1. The molecule has 0 N–H and O–H groups in total. The van der Waals surface area contributed by atoms with E-state index in [2.05, 4.69) is 9.97 Å². The molecule has 1 aromatic rings. The van der Waals surface area contributed by atoms with Crippen LogP contribution in [-0.2, 0) is 0 Å². The molecule has 1 aromatic heterocycles. The molecule has 16 heavy (non-hydrogen) atoms. The molecule has 1 heterocycles. The Morgan fingerprint density at radius 3 is 2.44 bits per heavy atom. The summed E-state index contributed by atoms with van der Waals surface area (Å²) < 4.78 is 40.1. The number of alkyl halides is 3. The van der Waals surface area contributed by atoms with Gasteiger partial charge in [-0.25, -0.2) is 9.97 Å². The average molecular weight is 234 g/mol. The third-order valence-electron chi connectivity index (χ3n) is 1.62. The Kier molecular flexibility index (Phi) is 4.21. The van der Waals surface area contributed by atoms with Gasteiger partial charge in [0.2, 0.25) is 0 Å². The molecular formula is C9H9F3N2O2. The van der Waals surface area contributed by atoms with Gasteiger partial charge in [0, 0.05) is 18.8 Å². The van der Waals surface area contributed by atoms with E-state index in [1.807, 2.05) is 0 Å². The van der Waals surface area contributed by atoms with Crippen molar-refractivity contribution in [3.05, 3.63) is 18.0 Å². The van der Waals surface area contributed by atoms with Gasteiger partial charge < -0.3 is 4.74 Å². The number of nitrogens with zero attached hydrogens (tertiary/aromatic N) is 2. The van der Waals surface area contributed by atoms with Crippen molar-refractivity contribution in [3.63, 3.8) is 0 Å². The lowest BCUT2D eigenvalue weighted by Crippen LogP contribution is -2.10. The summed E-state index contributed by atoms with van der Waals surface area (Å²) in [4.78, 5) is 17.5. The number of carbonyl (C=O) groups excluding carboxylic acids is 1. The van der Waals surface area contributed by atoms with Crippen LogP contribution in [0.2, 0.25) is 0 Å². The third kappa shape index (κ3) is 4.72. The lowest BCUT2D eigenvalue weighted by molar-refractivity contribution is -0.136. The van der Waals surface area contributed by atoms with Gasteiger partial charge in [-0.05, 0) is 6.42 Å². The molecule has 4 nitrogen and oxygen atoms in total. The predicted molar refractivity (Wildman–Crippen MR) is 48.2 cm³/mol. The number of ether oxygens (including phenoxy) is 1. The second-order valence-electron chi connectivity index (χ2n) is 2.98. The highest BCUT2D eigenvalue weighted by molar-refractivity contribution is 5.73. The Morgan fingerprint density at radius 2 is 1.94 bits per heavy atom. The highest BCUT2D eigenvalue weighted by Crippen LogP contribution is 2.21. The van der Waals surface area contributed by atoms with E-state index in [1.54, 1.807) is 0 Å². The van der Waals surface area contributed by atoms with Crippen LogP contribution in [0.5, 0.6) is 6.01 Å². The molecule has 0 saturated carbocycles. The molecular weight excluding hydrogens is 225 g/mol.